The van der Waals surface area contributed by atoms with E-state index in [4.69, 9.17) is 19.2 Å². The third kappa shape index (κ3) is 5.73. The van der Waals surface area contributed by atoms with Gasteiger partial charge in [-0.1, -0.05) is 17.7 Å². The van der Waals surface area contributed by atoms with Crippen LogP contribution in [0.1, 0.15) is 42.0 Å². The van der Waals surface area contributed by atoms with Crippen LogP contribution in [0.4, 0.5) is 5.69 Å². The molecule has 0 atom stereocenters. The van der Waals surface area contributed by atoms with E-state index in [0.717, 1.165) is 39.2 Å². The molecule has 2 aliphatic rings. The van der Waals surface area contributed by atoms with Gasteiger partial charge in [0, 0.05) is 57.3 Å². The zero-order valence-corrected chi connectivity index (χ0v) is 25.1. The minimum atomic E-state index is -1.46. The number of aliphatic hydroxyl groups is 1. The van der Waals surface area contributed by atoms with Gasteiger partial charge in [0.25, 0.3) is 5.91 Å². The van der Waals surface area contributed by atoms with E-state index in [2.05, 4.69) is 17.4 Å². The first-order chi connectivity index (χ1) is 20.1. The van der Waals surface area contributed by atoms with Gasteiger partial charge < -0.3 is 24.6 Å². The number of hydrogen-bond donors (Lipinski definition) is 2. The van der Waals surface area contributed by atoms with Crippen molar-refractivity contribution in [1.29, 1.82) is 0 Å². The monoisotopic (exact) mass is 576 g/mol. The van der Waals surface area contributed by atoms with Crippen molar-refractivity contribution in [3.8, 4) is 22.8 Å². The van der Waals surface area contributed by atoms with Gasteiger partial charge in [-0.15, -0.1) is 0 Å². The molecule has 3 aromatic rings. The van der Waals surface area contributed by atoms with Gasteiger partial charge in [-0.05, 0) is 62.9 Å². The van der Waals surface area contributed by atoms with Crippen molar-refractivity contribution >= 4 is 11.6 Å². The summed E-state index contributed by atoms with van der Waals surface area (Å²) in [6.45, 7) is 10.0. The van der Waals surface area contributed by atoms with E-state index in [0.29, 0.717) is 49.8 Å². The Morgan fingerprint density at radius 2 is 1.81 bits per heavy atom. The Balaban J connectivity index is 1.60. The van der Waals surface area contributed by atoms with E-state index in [1.165, 1.54) is 0 Å². The highest BCUT2D eigenvalue weighted by molar-refractivity contribution is 5.84. The molecule has 42 heavy (non-hydrogen) atoms. The molecular formula is C32H40N4O6. The molecule has 0 spiro atoms. The standard InChI is InChI=1S/C32H40N4O6/c1-6-42-27-17-23-7-11-35-25(24(23)18-26(27)40-5)19-28(34-29-21(3)15-20(2)16-22(29)4)36(31(35)38)12-10-33-30(37)32(39)8-13-41-14-9-32/h15-19,39H,6-14H2,1-5H3,(H,33,37). The molecule has 1 fully saturated rings. The summed E-state index contributed by atoms with van der Waals surface area (Å²) < 4.78 is 20.1. The zero-order chi connectivity index (χ0) is 30.0. The molecule has 0 saturated carbocycles. The van der Waals surface area contributed by atoms with Crippen LogP contribution in [0.25, 0.3) is 11.3 Å². The number of ether oxygens (including phenoxy) is 3. The third-order valence-electron chi connectivity index (χ3n) is 8.09. The summed E-state index contributed by atoms with van der Waals surface area (Å²) in [6, 6.07) is 10.0. The molecule has 5 rings (SSSR count). The number of aromatic nitrogens is 2. The van der Waals surface area contributed by atoms with E-state index in [1.807, 2.05) is 45.9 Å². The molecule has 0 bridgehead atoms. The molecular weight excluding hydrogens is 536 g/mol. The molecule has 2 aliphatic heterocycles. The summed E-state index contributed by atoms with van der Waals surface area (Å²) in [6.07, 6.45) is 1.15. The van der Waals surface area contributed by atoms with Gasteiger partial charge in [0.1, 0.15) is 11.1 Å². The molecule has 1 aromatic heterocycles. The Labute approximate surface area is 245 Å². The zero-order valence-electron chi connectivity index (χ0n) is 25.1. The van der Waals surface area contributed by atoms with Crippen molar-refractivity contribution in [1.82, 2.24) is 14.5 Å². The average Bonchev–Trinajstić information content (AvgIpc) is 2.96. The summed E-state index contributed by atoms with van der Waals surface area (Å²) in [7, 11) is 1.61. The number of aryl methyl sites for hydroxylation is 4. The van der Waals surface area contributed by atoms with Crippen molar-refractivity contribution < 1.29 is 24.1 Å². The molecule has 0 aliphatic carbocycles. The topological polar surface area (TPSA) is 116 Å². The second kappa shape index (κ2) is 12.1. The Morgan fingerprint density at radius 1 is 1.10 bits per heavy atom. The highest BCUT2D eigenvalue weighted by Gasteiger charge is 2.37. The number of rotatable bonds is 8. The normalized spacial score (nSPS) is 16.0. The number of nitrogens with zero attached hydrogens (tertiary/aromatic N) is 3. The highest BCUT2D eigenvalue weighted by atomic mass is 16.5. The summed E-state index contributed by atoms with van der Waals surface area (Å²) in [5.41, 5.74) is 5.50. The van der Waals surface area contributed by atoms with Crippen molar-refractivity contribution in [2.45, 2.75) is 65.6 Å². The lowest BCUT2D eigenvalue weighted by molar-refractivity contribution is -0.149. The van der Waals surface area contributed by atoms with Crippen LogP contribution in [0.15, 0.2) is 40.1 Å². The van der Waals surface area contributed by atoms with Crippen LogP contribution < -0.4 is 26.0 Å². The molecule has 10 heteroatoms. The van der Waals surface area contributed by atoms with E-state index >= 15 is 0 Å². The maximum absolute atomic E-state index is 14.1. The van der Waals surface area contributed by atoms with Crippen LogP contribution >= 0.6 is 0 Å². The van der Waals surface area contributed by atoms with Gasteiger partial charge in [-0.25, -0.2) is 9.79 Å². The predicted molar refractivity (Wildman–Crippen MR) is 159 cm³/mol. The van der Waals surface area contributed by atoms with Crippen LogP contribution in [0.2, 0.25) is 0 Å². The Hall–Kier alpha value is -3.89. The minimum Gasteiger partial charge on any atom is -0.493 e. The maximum Gasteiger partial charge on any atom is 0.330 e. The summed E-state index contributed by atoms with van der Waals surface area (Å²) in [4.78, 5) is 31.9. The molecule has 0 unspecified atom stereocenters. The second-order valence-corrected chi connectivity index (χ2v) is 11.1. The van der Waals surface area contributed by atoms with Crippen LogP contribution in [0.5, 0.6) is 11.5 Å². The van der Waals surface area contributed by atoms with Gasteiger partial charge in [-0.3, -0.25) is 13.9 Å². The van der Waals surface area contributed by atoms with Gasteiger partial charge in [0.05, 0.1) is 25.1 Å². The smallest absolute Gasteiger partial charge is 0.330 e. The molecule has 224 valence electrons. The lowest BCUT2D eigenvalue weighted by Crippen LogP contribution is -2.51. The minimum absolute atomic E-state index is 0.164. The van der Waals surface area contributed by atoms with E-state index < -0.39 is 11.5 Å². The quantitative estimate of drug-likeness (QED) is 0.426. The van der Waals surface area contributed by atoms with Crippen LogP contribution in [-0.2, 0) is 29.0 Å². The molecule has 0 radical (unpaired) electrons. The van der Waals surface area contributed by atoms with Crippen molar-refractivity contribution in [2.75, 3.05) is 33.5 Å². The highest BCUT2D eigenvalue weighted by Crippen LogP contribution is 2.38. The van der Waals surface area contributed by atoms with Crippen molar-refractivity contribution in [3.05, 3.63) is 68.6 Å². The van der Waals surface area contributed by atoms with E-state index in [1.54, 1.807) is 16.2 Å². The SMILES string of the molecule is CCOc1cc2c(cc1OC)-c1cc(=Nc3c(C)cc(C)cc3C)n(CCNC(=O)C3(O)CCOCC3)c(=O)n1CC2. The predicted octanol–water partition coefficient (Wildman–Crippen LogP) is 3.10. The van der Waals surface area contributed by atoms with Gasteiger partial charge in [0.2, 0.25) is 0 Å². The first kappa shape index (κ1) is 29.6. The lowest BCUT2D eigenvalue weighted by atomic mass is 9.93. The largest absolute Gasteiger partial charge is 0.493 e. The number of hydrogen-bond acceptors (Lipinski definition) is 7. The molecule has 3 heterocycles. The molecule has 2 aromatic carbocycles. The molecule has 1 saturated heterocycles. The number of carbonyl (C=O) groups is 1. The number of nitrogens with one attached hydrogen (secondary N) is 1. The average molecular weight is 577 g/mol. The van der Waals surface area contributed by atoms with E-state index in [9.17, 15) is 14.7 Å². The second-order valence-electron chi connectivity index (χ2n) is 11.1. The van der Waals surface area contributed by atoms with Gasteiger partial charge in [-0.2, -0.15) is 0 Å². The third-order valence-corrected chi connectivity index (χ3v) is 8.09. The van der Waals surface area contributed by atoms with Gasteiger partial charge in [0.15, 0.2) is 11.5 Å². The number of fused-ring (bicyclic) bond motifs is 3. The number of benzene rings is 2. The fraction of sp³-hybridized carbons (Fsp3) is 0.469. The first-order valence-corrected chi connectivity index (χ1v) is 14.5. The molecule has 10 nitrogen and oxygen atoms in total. The molecule has 2 N–H and O–H groups in total. The number of amides is 1. The number of carbonyl (C=O) groups excluding carboxylic acids is 1. The fourth-order valence-electron chi connectivity index (χ4n) is 5.92. The number of methoxy groups -OCH3 is 1. The van der Waals surface area contributed by atoms with Gasteiger partial charge >= 0.3 is 5.69 Å². The fourth-order valence-corrected chi connectivity index (χ4v) is 5.92. The Kier molecular flexibility index (Phi) is 8.56. The summed E-state index contributed by atoms with van der Waals surface area (Å²) >= 11 is 0. The lowest BCUT2D eigenvalue weighted by Gasteiger charge is -2.30. The van der Waals surface area contributed by atoms with E-state index in [-0.39, 0.29) is 31.6 Å². The molecule has 1 amide bonds. The maximum atomic E-state index is 14.1. The van der Waals surface area contributed by atoms with Crippen molar-refractivity contribution in [3.63, 3.8) is 0 Å². The first-order valence-electron chi connectivity index (χ1n) is 14.5. The summed E-state index contributed by atoms with van der Waals surface area (Å²) in [5.74, 6) is 0.836. The van der Waals surface area contributed by atoms with Crippen LogP contribution in [-0.4, -0.2) is 59.2 Å². The van der Waals surface area contributed by atoms with Crippen molar-refractivity contribution in [2.24, 2.45) is 4.99 Å². The van der Waals surface area contributed by atoms with Crippen LogP contribution in [0, 0.1) is 20.8 Å². The Bertz CT molecular complexity index is 1610. The summed E-state index contributed by atoms with van der Waals surface area (Å²) in [5, 5.41) is 13.6. The Morgan fingerprint density at radius 3 is 2.48 bits per heavy atom. The van der Waals surface area contributed by atoms with Crippen LogP contribution in [0.3, 0.4) is 0 Å².